The Kier molecular flexibility index (Phi) is 5.14. The van der Waals surface area contributed by atoms with Gasteiger partial charge in [-0.3, -0.25) is 4.79 Å². The number of anilines is 4. The summed E-state index contributed by atoms with van der Waals surface area (Å²) in [5, 5.41) is 5.65. The van der Waals surface area contributed by atoms with Gasteiger partial charge in [-0.1, -0.05) is 12.1 Å². The van der Waals surface area contributed by atoms with Crippen LogP contribution in [0, 0.1) is 5.82 Å². The van der Waals surface area contributed by atoms with E-state index in [2.05, 4.69) is 37.6 Å². The molecule has 1 aliphatic heterocycles. The van der Waals surface area contributed by atoms with Crippen LogP contribution in [0.3, 0.4) is 0 Å². The zero-order chi connectivity index (χ0) is 19.3. The quantitative estimate of drug-likeness (QED) is 0.697. The summed E-state index contributed by atoms with van der Waals surface area (Å²) in [5.41, 5.74) is 2.32. The van der Waals surface area contributed by atoms with E-state index in [4.69, 9.17) is 0 Å². The Labute approximate surface area is 162 Å². The van der Waals surface area contributed by atoms with E-state index in [-0.39, 0.29) is 11.4 Å². The van der Waals surface area contributed by atoms with Crippen molar-refractivity contribution >= 4 is 28.8 Å². The summed E-state index contributed by atoms with van der Waals surface area (Å²) in [6, 6.07) is 14.1. The van der Waals surface area contributed by atoms with Gasteiger partial charge in [-0.15, -0.1) is 0 Å². The lowest BCUT2D eigenvalue weighted by Crippen LogP contribution is -2.17. The number of hydrogen-bond donors (Lipinski definition) is 2. The van der Waals surface area contributed by atoms with Crippen LogP contribution in [0.15, 0.2) is 60.9 Å². The minimum Gasteiger partial charge on any atom is -0.372 e. The standard InChI is InChI=1S/C21H20FN5O/c22-17-5-1-2-6-18(17)26-21(28)19-13-24-20(14-23-19)25-15-7-9-16(10-8-15)27-11-3-4-12-27/h1-2,5-10,13-14H,3-4,11-12H2,(H,24,25)(H,26,28). The van der Waals surface area contributed by atoms with Crippen molar-refractivity contribution in [2.45, 2.75) is 12.8 Å². The van der Waals surface area contributed by atoms with Crippen LogP contribution in [-0.2, 0) is 0 Å². The molecule has 0 spiro atoms. The molecule has 1 fully saturated rings. The second-order valence-corrected chi connectivity index (χ2v) is 6.59. The molecule has 0 saturated carbocycles. The molecule has 2 aromatic carbocycles. The lowest BCUT2D eigenvalue weighted by atomic mass is 10.2. The fourth-order valence-electron chi connectivity index (χ4n) is 3.14. The molecule has 28 heavy (non-hydrogen) atoms. The molecule has 0 radical (unpaired) electrons. The van der Waals surface area contributed by atoms with E-state index in [1.165, 1.54) is 43.1 Å². The van der Waals surface area contributed by atoms with Gasteiger partial charge in [0.1, 0.15) is 17.3 Å². The van der Waals surface area contributed by atoms with Gasteiger partial charge in [0.05, 0.1) is 18.1 Å². The Bertz CT molecular complexity index is 953. The third-order valence-electron chi connectivity index (χ3n) is 4.62. The number of aromatic nitrogens is 2. The highest BCUT2D eigenvalue weighted by molar-refractivity contribution is 6.02. The van der Waals surface area contributed by atoms with Crippen molar-refractivity contribution in [2.24, 2.45) is 0 Å². The van der Waals surface area contributed by atoms with Crippen LogP contribution in [0.5, 0.6) is 0 Å². The maximum Gasteiger partial charge on any atom is 0.275 e. The van der Waals surface area contributed by atoms with Crippen LogP contribution in [0.2, 0.25) is 0 Å². The molecule has 2 heterocycles. The van der Waals surface area contributed by atoms with Crippen LogP contribution >= 0.6 is 0 Å². The first-order chi connectivity index (χ1) is 13.7. The van der Waals surface area contributed by atoms with Crippen LogP contribution in [-0.4, -0.2) is 29.0 Å². The summed E-state index contributed by atoms with van der Waals surface area (Å²) in [5.74, 6) is -0.491. The fraction of sp³-hybridized carbons (Fsp3) is 0.190. The first-order valence-corrected chi connectivity index (χ1v) is 9.19. The van der Waals surface area contributed by atoms with E-state index in [0.717, 1.165) is 18.8 Å². The molecule has 0 aliphatic carbocycles. The monoisotopic (exact) mass is 377 g/mol. The molecular weight excluding hydrogens is 357 g/mol. The third kappa shape index (κ3) is 4.09. The molecule has 7 heteroatoms. The van der Waals surface area contributed by atoms with E-state index in [0.29, 0.717) is 5.82 Å². The number of carbonyl (C=O) groups is 1. The fourth-order valence-corrected chi connectivity index (χ4v) is 3.14. The highest BCUT2D eigenvalue weighted by Gasteiger charge is 2.13. The van der Waals surface area contributed by atoms with E-state index in [1.54, 1.807) is 12.1 Å². The van der Waals surface area contributed by atoms with Crippen LogP contribution in [0.4, 0.5) is 27.3 Å². The number of carbonyl (C=O) groups excluding carboxylic acids is 1. The van der Waals surface area contributed by atoms with Crippen molar-refractivity contribution in [1.82, 2.24) is 9.97 Å². The van der Waals surface area contributed by atoms with Gasteiger partial charge < -0.3 is 15.5 Å². The number of nitrogens with one attached hydrogen (secondary N) is 2. The molecule has 4 rings (SSSR count). The highest BCUT2D eigenvalue weighted by atomic mass is 19.1. The number of amides is 1. The first-order valence-electron chi connectivity index (χ1n) is 9.19. The van der Waals surface area contributed by atoms with Gasteiger partial charge in [0.25, 0.3) is 5.91 Å². The van der Waals surface area contributed by atoms with Crippen molar-refractivity contribution < 1.29 is 9.18 Å². The Hall–Kier alpha value is -3.48. The van der Waals surface area contributed by atoms with Crippen molar-refractivity contribution in [1.29, 1.82) is 0 Å². The molecule has 1 saturated heterocycles. The second kappa shape index (κ2) is 8.04. The van der Waals surface area contributed by atoms with Gasteiger partial charge >= 0.3 is 0 Å². The molecular formula is C21H20FN5O. The van der Waals surface area contributed by atoms with Crippen molar-refractivity contribution in [3.8, 4) is 0 Å². The maximum absolute atomic E-state index is 13.6. The van der Waals surface area contributed by atoms with E-state index < -0.39 is 11.7 Å². The minimum atomic E-state index is -0.515. The van der Waals surface area contributed by atoms with Crippen LogP contribution in [0.25, 0.3) is 0 Å². The molecule has 1 amide bonds. The summed E-state index contributed by atoms with van der Waals surface area (Å²) < 4.78 is 13.6. The predicted octanol–water partition coefficient (Wildman–Crippen LogP) is 4.21. The van der Waals surface area contributed by atoms with E-state index in [1.807, 2.05) is 12.1 Å². The number of halogens is 1. The minimum absolute atomic E-state index is 0.106. The topological polar surface area (TPSA) is 70.2 Å². The average Bonchev–Trinajstić information content (AvgIpc) is 3.26. The van der Waals surface area contributed by atoms with Gasteiger partial charge in [0.2, 0.25) is 0 Å². The molecule has 3 aromatic rings. The number of nitrogens with zero attached hydrogens (tertiary/aromatic N) is 3. The summed E-state index contributed by atoms with van der Waals surface area (Å²) in [4.78, 5) is 22.9. The molecule has 0 bridgehead atoms. The SMILES string of the molecule is O=C(Nc1ccccc1F)c1cnc(Nc2ccc(N3CCCC3)cc2)cn1. The lowest BCUT2D eigenvalue weighted by Gasteiger charge is -2.17. The van der Waals surface area contributed by atoms with Gasteiger partial charge in [-0.25, -0.2) is 14.4 Å². The molecule has 6 nitrogen and oxygen atoms in total. The first kappa shape index (κ1) is 17.9. The zero-order valence-electron chi connectivity index (χ0n) is 15.2. The molecule has 1 aliphatic rings. The van der Waals surface area contributed by atoms with Crippen molar-refractivity contribution in [2.75, 3.05) is 28.6 Å². The van der Waals surface area contributed by atoms with Gasteiger partial charge in [0.15, 0.2) is 0 Å². The molecule has 0 atom stereocenters. The predicted molar refractivity (Wildman–Crippen MR) is 108 cm³/mol. The van der Waals surface area contributed by atoms with E-state index >= 15 is 0 Å². The summed E-state index contributed by atoms with van der Waals surface area (Å²) >= 11 is 0. The molecule has 1 aromatic heterocycles. The number of para-hydroxylation sites is 1. The summed E-state index contributed by atoms with van der Waals surface area (Å²) in [7, 11) is 0. The van der Waals surface area contributed by atoms with E-state index in [9.17, 15) is 9.18 Å². The highest BCUT2D eigenvalue weighted by Crippen LogP contribution is 2.23. The summed E-state index contributed by atoms with van der Waals surface area (Å²) in [6.07, 6.45) is 5.32. The second-order valence-electron chi connectivity index (χ2n) is 6.59. The maximum atomic E-state index is 13.6. The van der Waals surface area contributed by atoms with Gasteiger partial charge in [0, 0.05) is 24.5 Å². The molecule has 2 N–H and O–H groups in total. The zero-order valence-corrected chi connectivity index (χ0v) is 15.2. The van der Waals surface area contributed by atoms with Crippen molar-refractivity contribution in [3.05, 3.63) is 72.4 Å². The summed E-state index contributed by atoms with van der Waals surface area (Å²) in [6.45, 7) is 2.21. The Morgan fingerprint density at radius 1 is 0.964 bits per heavy atom. The Morgan fingerprint density at radius 2 is 1.71 bits per heavy atom. The van der Waals surface area contributed by atoms with Crippen molar-refractivity contribution in [3.63, 3.8) is 0 Å². The largest absolute Gasteiger partial charge is 0.372 e. The Balaban J connectivity index is 1.39. The molecule has 142 valence electrons. The number of rotatable bonds is 5. The lowest BCUT2D eigenvalue weighted by molar-refractivity contribution is 0.102. The number of hydrogen-bond acceptors (Lipinski definition) is 5. The molecule has 0 unspecified atom stereocenters. The number of benzene rings is 2. The third-order valence-corrected chi connectivity index (χ3v) is 4.62. The van der Waals surface area contributed by atoms with Gasteiger partial charge in [-0.2, -0.15) is 0 Å². The normalized spacial score (nSPS) is 13.4. The smallest absolute Gasteiger partial charge is 0.275 e. The Morgan fingerprint density at radius 3 is 2.39 bits per heavy atom. The van der Waals surface area contributed by atoms with Gasteiger partial charge in [-0.05, 0) is 49.2 Å². The van der Waals surface area contributed by atoms with Crippen LogP contribution in [0.1, 0.15) is 23.3 Å². The average molecular weight is 377 g/mol. The van der Waals surface area contributed by atoms with Crippen LogP contribution < -0.4 is 15.5 Å².